The van der Waals surface area contributed by atoms with Crippen LogP contribution in [0, 0.1) is 5.82 Å². The first kappa shape index (κ1) is 20.6. The van der Waals surface area contributed by atoms with Gasteiger partial charge in [-0.05, 0) is 48.2 Å². The van der Waals surface area contributed by atoms with Crippen molar-refractivity contribution in [2.75, 3.05) is 5.73 Å². The van der Waals surface area contributed by atoms with Crippen molar-refractivity contribution in [2.24, 2.45) is 0 Å². The summed E-state index contributed by atoms with van der Waals surface area (Å²) in [7, 11) is 0. The number of halogens is 1. The van der Waals surface area contributed by atoms with Crippen LogP contribution in [0.1, 0.15) is 17.2 Å². The minimum Gasteiger partial charge on any atom is -0.454 e. The number of aromatic nitrogens is 5. The second-order valence-corrected chi connectivity index (χ2v) is 9.00. The lowest BCUT2D eigenvalue weighted by molar-refractivity contribution is 0.443. The van der Waals surface area contributed by atoms with E-state index in [1.54, 1.807) is 18.2 Å². The number of fused-ring (bicyclic) bond motifs is 3. The molecule has 0 atom stereocenters. The summed E-state index contributed by atoms with van der Waals surface area (Å²) in [5.74, 6) is 1.20. The van der Waals surface area contributed by atoms with Crippen LogP contribution >= 0.6 is 0 Å². The highest BCUT2D eigenvalue weighted by Gasteiger charge is 2.28. The molecule has 0 radical (unpaired) electrons. The zero-order valence-corrected chi connectivity index (χ0v) is 19.2. The van der Waals surface area contributed by atoms with Gasteiger partial charge in [-0.25, -0.2) is 19.0 Å². The first-order valence-corrected chi connectivity index (χ1v) is 11.7. The Hall–Kier alpha value is -4.72. The highest BCUT2D eigenvalue weighted by atomic mass is 19.1. The molecule has 6 aromatic rings. The molecule has 0 aliphatic heterocycles. The third-order valence-electron chi connectivity index (χ3n) is 6.82. The average Bonchev–Trinajstić information content (AvgIpc) is 3.60. The van der Waals surface area contributed by atoms with Gasteiger partial charge in [0.05, 0.1) is 11.6 Å². The molecule has 1 aliphatic carbocycles. The van der Waals surface area contributed by atoms with Crippen molar-refractivity contribution < 1.29 is 9.13 Å². The lowest BCUT2D eigenvalue weighted by Gasteiger charge is -2.10. The molecule has 8 heteroatoms. The summed E-state index contributed by atoms with van der Waals surface area (Å²) in [6.45, 7) is 0. The van der Waals surface area contributed by atoms with Gasteiger partial charge >= 0.3 is 0 Å². The molecule has 3 aromatic heterocycles. The maximum absolute atomic E-state index is 14.9. The predicted octanol–water partition coefficient (Wildman–Crippen LogP) is 5.62. The summed E-state index contributed by atoms with van der Waals surface area (Å²) in [4.78, 5) is 8.80. The van der Waals surface area contributed by atoms with Crippen LogP contribution in [0.2, 0.25) is 0 Å². The summed E-state index contributed by atoms with van der Waals surface area (Å²) in [6.07, 6.45) is 5.06. The van der Waals surface area contributed by atoms with Crippen LogP contribution in [0.5, 0.6) is 11.5 Å². The molecule has 2 N–H and O–H groups in total. The number of hydrogen-bond acceptors (Lipinski definition) is 5. The van der Waals surface area contributed by atoms with Crippen molar-refractivity contribution in [2.45, 2.75) is 18.9 Å². The molecular weight excluding hydrogens is 455 g/mol. The van der Waals surface area contributed by atoms with Crippen molar-refractivity contribution >= 4 is 27.8 Å². The number of rotatable bonds is 4. The monoisotopic (exact) mass is 476 g/mol. The van der Waals surface area contributed by atoms with Crippen LogP contribution in [-0.4, -0.2) is 24.3 Å². The van der Waals surface area contributed by atoms with E-state index >= 15 is 0 Å². The van der Waals surface area contributed by atoms with E-state index in [1.807, 2.05) is 39.7 Å². The molecule has 7 rings (SSSR count). The van der Waals surface area contributed by atoms with Crippen LogP contribution < -0.4 is 10.5 Å². The second-order valence-electron chi connectivity index (χ2n) is 9.00. The first-order chi connectivity index (χ1) is 17.7. The number of nitrogens with zero attached hydrogens (tertiary/aromatic N) is 5. The van der Waals surface area contributed by atoms with E-state index in [1.165, 1.54) is 23.5 Å². The Morgan fingerprint density at radius 1 is 0.917 bits per heavy atom. The van der Waals surface area contributed by atoms with Crippen molar-refractivity contribution in [1.29, 1.82) is 0 Å². The summed E-state index contributed by atoms with van der Waals surface area (Å²) < 4.78 is 24.6. The van der Waals surface area contributed by atoms with Gasteiger partial charge in [-0.2, -0.15) is 5.10 Å². The summed E-state index contributed by atoms with van der Waals surface area (Å²) in [5.41, 5.74) is 10.4. The lowest BCUT2D eigenvalue weighted by Crippen LogP contribution is -2.12. The number of ether oxygens (including phenoxy) is 1. The molecule has 0 amide bonds. The minimum atomic E-state index is -0.439. The smallest absolute Gasteiger partial charge is 0.172 e. The lowest BCUT2D eigenvalue weighted by atomic mass is 10.1. The van der Waals surface area contributed by atoms with E-state index in [0.29, 0.717) is 28.4 Å². The highest BCUT2D eigenvalue weighted by molar-refractivity contribution is 5.95. The molecule has 0 saturated heterocycles. The number of nitrogens with two attached hydrogens (primary N) is 1. The quantitative estimate of drug-likeness (QED) is 0.357. The zero-order valence-electron chi connectivity index (χ0n) is 19.2. The Balaban J connectivity index is 1.38. The van der Waals surface area contributed by atoms with Crippen molar-refractivity contribution in [1.82, 2.24) is 24.3 Å². The van der Waals surface area contributed by atoms with Crippen LogP contribution in [0.4, 0.5) is 10.2 Å². The van der Waals surface area contributed by atoms with Crippen molar-refractivity contribution in [3.05, 3.63) is 102 Å². The molecule has 0 fully saturated rings. The molecular formula is C28H21FN6O. The molecule has 3 aromatic carbocycles. The van der Waals surface area contributed by atoms with Crippen LogP contribution in [0.3, 0.4) is 0 Å². The van der Waals surface area contributed by atoms with Crippen molar-refractivity contribution in [3.63, 3.8) is 0 Å². The minimum absolute atomic E-state index is 0.115. The molecule has 176 valence electrons. The number of para-hydroxylation sites is 1. The van der Waals surface area contributed by atoms with Gasteiger partial charge in [0, 0.05) is 17.6 Å². The molecule has 0 saturated carbocycles. The number of hydrogen-bond donors (Lipinski definition) is 1. The molecule has 7 nitrogen and oxygen atoms in total. The Morgan fingerprint density at radius 3 is 2.44 bits per heavy atom. The molecule has 3 heterocycles. The predicted molar refractivity (Wildman–Crippen MR) is 136 cm³/mol. The average molecular weight is 477 g/mol. The summed E-state index contributed by atoms with van der Waals surface area (Å²) in [5, 5.41) is 6.40. The molecule has 0 spiro atoms. The third kappa shape index (κ3) is 3.22. The zero-order chi connectivity index (χ0) is 24.2. The third-order valence-corrected chi connectivity index (χ3v) is 6.82. The molecule has 1 aliphatic rings. The maximum Gasteiger partial charge on any atom is 0.172 e. The standard InChI is InChI=1S/C28H21FN6O/c29-22-14-19-10-11-34(23(19)15-24(22)36-21-8-2-1-3-9-21)28-25-26(30)31-16-32-27(25)35(33-28)20-12-17-6-4-5-7-18(17)13-20/h1-11,14-16,20H,12-13H2,(H2,30,31,32). The van der Waals surface area contributed by atoms with Gasteiger partial charge in [-0.15, -0.1) is 0 Å². The maximum atomic E-state index is 14.9. The van der Waals surface area contributed by atoms with E-state index < -0.39 is 5.82 Å². The number of anilines is 1. The Labute approximate surface area is 205 Å². The fourth-order valence-corrected chi connectivity index (χ4v) is 5.12. The number of benzene rings is 3. The number of nitrogen functional groups attached to an aromatic ring is 1. The molecule has 0 bridgehead atoms. The van der Waals surface area contributed by atoms with E-state index in [2.05, 4.69) is 34.2 Å². The summed E-state index contributed by atoms with van der Waals surface area (Å²) >= 11 is 0. The van der Waals surface area contributed by atoms with E-state index in [0.717, 1.165) is 23.7 Å². The fraction of sp³-hybridized carbons (Fsp3) is 0.107. The first-order valence-electron chi connectivity index (χ1n) is 11.7. The topological polar surface area (TPSA) is 83.8 Å². The van der Waals surface area contributed by atoms with Crippen molar-refractivity contribution in [3.8, 4) is 17.3 Å². The summed E-state index contributed by atoms with van der Waals surface area (Å²) in [6, 6.07) is 22.7. The Kier molecular flexibility index (Phi) is 4.54. The molecule has 0 unspecified atom stereocenters. The Morgan fingerprint density at radius 2 is 1.67 bits per heavy atom. The normalized spacial score (nSPS) is 13.5. The van der Waals surface area contributed by atoms with Crippen LogP contribution in [0.25, 0.3) is 27.8 Å². The fourth-order valence-electron chi connectivity index (χ4n) is 5.12. The largest absolute Gasteiger partial charge is 0.454 e. The van der Waals surface area contributed by atoms with Gasteiger partial charge in [-0.3, -0.25) is 4.57 Å². The molecule has 36 heavy (non-hydrogen) atoms. The highest BCUT2D eigenvalue weighted by Crippen LogP contribution is 2.36. The van der Waals surface area contributed by atoms with Crippen LogP contribution in [-0.2, 0) is 12.8 Å². The van der Waals surface area contributed by atoms with Gasteiger partial charge in [0.1, 0.15) is 23.3 Å². The van der Waals surface area contributed by atoms with E-state index in [9.17, 15) is 4.39 Å². The van der Waals surface area contributed by atoms with E-state index in [-0.39, 0.29) is 11.8 Å². The van der Waals surface area contributed by atoms with E-state index in [4.69, 9.17) is 15.6 Å². The Bertz CT molecular complexity index is 1730. The van der Waals surface area contributed by atoms with Gasteiger partial charge < -0.3 is 10.5 Å². The van der Waals surface area contributed by atoms with Gasteiger partial charge in [0.25, 0.3) is 0 Å². The van der Waals surface area contributed by atoms with Crippen LogP contribution in [0.15, 0.2) is 85.3 Å². The SMILES string of the molecule is Nc1ncnc2c1c(-n1ccc3cc(F)c(Oc4ccccc4)cc31)nn2C1Cc2ccccc2C1. The van der Waals surface area contributed by atoms with Gasteiger partial charge in [0.2, 0.25) is 0 Å². The second kappa shape index (κ2) is 7.91. The van der Waals surface area contributed by atoms with Gasteiger partial charge in [0.15, 0.2) is 23.0 Å². The van der Waals surface area contributed by atoms with Gasteiger partial charge in [-0.1, -0.05) is 42.5 Å².